The van der Waals surface area contributed by atoms with Crippen LogP contribution in [0.5, 0.6) is 0 Å². The molecule has 2 aliphatic rings. The second kappa shape index (κ2) is 34.8. The standard InChI is InChI=1S/C51H36N2.C48H30N2O.C45H33N/c1-51(2)43-21-11-9-19-42(43)49-44(51)31-28-34-25-24-33-26-27-35-32-38(29-30-39(35)47(33)48(34)49)52(36-14-5-3-6-15-36)46-23-13-20-41-40-18-10-12-22-45(40)53(50(41)46)37-16-7-4-8-17-37;1-3-12-34(13-4-1)49(42-20-11-18-39-38-16-7-9-19-41(38)50(48(39)42)35-14-5-2-6-15-35)36-27-28-37-33(30-36)25-24-31-22-23-32-26-29-44-47(46(32)45(31)37)40-17-8-10-21-43(40)51-44;1-45(2)41-16-10-9-15-39(41)40-27-23-33-18-17-32-19-20-34-29-37(26-28-38(34)42(32)43(33)44(40)45)46(35-13-7-4-8-14-35)36-24-21-31(22-25-36)30-11-5-3-6-12-30/h3-32H,1-2H3;1-30H;3-29H,1-2H3. The highest BCUT2D eigenvalue weighted by Crippen LogP contribution is 2.58. The van der Waals surface area contributed by atoms with E-state index < -0.39 is 0 Å². The van der Waals surface area contributed by atoms with Crippen LogP contribution < -0.4 is 14.7 Å². The molecule has 0 saturated heterocycles. The molecule has 0 bridgehead atoms. The Morgan fingerprint density at radius 2 is 0.547 bits per heavy atom. The minimum Gasteiger partial charge on any atom is -0.456 e. The highest BCUT2D eigenvalue weighted by Gasteiger charge is 2.40. The average Bonchev–Trinajstić information content (AvgIpc) is 1.44. The van der Waals surface area contributed by atoms with Crippen molar-refractivity contribution in [1.82, 2.24) is 9.13 Å². The zero-order chi connectivity index (χ0) is 99.6. The van der Waals surface area contributed by atoms with Crippen molar-refractivity contribution >= 4 is 214 Å². The molecule has 31 rings (SSSR count). The van der Waals surface area contributed by atoms with E-state index in [0.29, 0.717) is 0 Å². The Labute approximate surface area is 869 Å². The molecule has 0 saturated carbocycles. The van der Waals surface area contributed by atoms with Crippen molar-refractivity contribution in [3.8, 4) is 44.8 Å². The number of aromatic nitrogens is 2. The molecule has 0 fully saturated rings. The van der Waals surface area contributed by atoms with E-state index in [-0.39, 0.29) is 10.8 Å². The molecule has 29 aromatic rings. The molecular weight excluding hydrogens is 1820 g/mol. The maximum Gasteiger partial charge on any atom is 0.136 e. The Bertz CT molecular complexity index is 10500. The first-order chi connectivity index (χ1) is 74.0. The minimum atomic E-state index is -0.0855. The Morgan fingerprint density at radius 3 is 1.07 bits per heavy atom. The molecule has 2 aliphatic carbocycles. The maximum atomic E-state index is 6.36. The Hall–Kier alpha value is -19.1. The number of hydrogen-bond acceptors (Lipinski definition) is 4. The molecule has 0 N–H and O–H groups in total. The van der Waals surface area contributed by atoms with Gasteiger partial charge in [-0.2, -0.15) is 0 Å². The van der Waals surface area contributed by atoms with Crippen LogP contribution in [-0.2, 0) is 10.8 Å². The summed E-state index contributed by atoms with van der Waals surface area (Å²) in [6, 6.07) is 192. The molecule has 3 heterocycles. The lowest BCUT2D eigenvalue weighted by atomic mass is 9.79. The lowest BCUT2D eigenvalue weighted by Gasteiger charge is -2.27. The molecule has 706 valence electrons. The SMILES string of the molecule is CC1(C)c2ccccc2-c2c1ccc1ccc3ccc4cc(N(c5ccccc5)c5cccc6c7ccccc7n(-c7ccccc7)c56)ccc4c3c21.CC1(C)c2ccccc2-c2ccc3ccc4ccc5cc(N(c6ccccc6)c6ccc(-c7ccccc7)cc6)ccc5c4c3c21.c1ccc(N(c2ccc3c(ccc4ccc5ccc6oc7ccccc7c6c5c43)c2)c2cccc3c4ccccc4n(-c4ccccc4)c23)cc1. The predicted molar refractivity (Wildman–Crippen MR) is 637 cm³/mol. The highest BCUT2D eigenvalue weighted by molar-refractivity contribution is 6.33. The van der Waals surface area contributed by atoms with Gasteiger partial charge in [-0.15, -0.1) is 0 Å². The van der Waals surface area contributed by atoms with Crippen molar-refractivity contribution in [2.24, 2.45) is 0 Å². The average molecular weight is 1920 g/mol. The van der Waals surface area contributed by atoms with Gasteiger partial charge >= 0.3 is 0 Å². The molecule has 6 nitrogen and oxygen atoms in total. The van der Waals surface area contributed by atoms with Gasteiger partial charge in [0.15, 0.2) is 0 Å². The summed E-state index contributed by atoms with van der Waals surface area (Å²) >= 11 is 0. The molecule has 0 amide bonds. The van der Waals surface area contributed by atoms with Gasteiger partial charge in [0.2, 0.25) is 0 Å². The summed E-state index contributed by atoms with van der Waals surface area (Å²) in [6.07, 6.45) is 0. The molecule has 0 spiro atoms. The number of para-hydroxylation sites is 10. The van der Waals surface area contributed by atoms with E-state index in [2.05, 4.69) is 573 Å². The first-order valence-electron chi connectivity index (χ1n) is 52.1. The quantitative estimate of drug-likeness (QED) is 0.114. The Kier molecular flexibility index (Phi) is 20.3. The van der Waals surface area contributed by atoms with Crippen molar-refractivity contribution in [3.63, 3.8) is 0 Å². The number of rotatable bonds is 12. The van der Waals surface area contributed by atoms with Gasteiger partial charge in [-0.3, -0.25) is 0 Å². The fourth-order valence-electron chi connectivity index (χ4n) is 25.5. The number of anilines is 9. The second-order valence-electron chi connectivity index (χ2n) is 41.2. The summed E-state index contributed by atoms with van der Waals surface area (Å²) in [4.78, 5) is 7.21. The normalized spacial score (nSPS) is 12.8. The van der Waals surface area contributed by atoms with Crippen molar-refractivity contribution in [3.05, 3.63) is 550 Å². The summed E-state index contributed by atoms with van der Waals surface area (Å²) < 4.78 is 11.2. The fraction of sp³-hybridized carbons (Fsp3) is 0.0417. The monoisotopic (exact) mass is 1910 g/mol. The van der Waals surface area contributed by atoms with E-state index in [1.165, 1.54) is 202 Å². The zero-order valence-corrected chi connectivity index (χ0v) is 83.4. The molecule has 6 heteroatoms. The second-order valence-corrected chi connectivity index (χ2v) is 41.2. The summed E-state index contributed by atoms with van der Waals surface area (Å²) in [6.45, 7) is 9.52. The summed E-state index contributed by atoms with van der Waals surface area (Å²) in [5.41, 5.74) is 32.4. The van der Waals surface area contributed by atoms with Crippen LogP contribution in [0.2, 0.25) is 0 Å². The van der Waals surface area contributed by atoms with E-state index in [0.717, 1.165) is 79.1 Å². The van der Waals surface area contributed by atoms with Crippen LogP contribution >= 0.6 is 0 Å². The number of benzene rings is 26. The third kappa shape index (κ3) is 13.9. The molecular formula is C144H99N5O. The van der Waals surface area contributed by atoms with Gasteiger partial charge in [-0.25, -0.2) is 0 Å². The third-order valence-electron chi connectivity index (χ3n) is 32.2. The molecule has 26 aromatic carbocycles. The highest BCUT2D eigenvalue weighted by atomic mass is 16.3. The van der Waals surface area contributed by atoms with Crippen LogP contribution in [0.15, 0.2) is 532 Å². The van der Waals surface area contributed by atoms with E-state index in [1.54, 1.807) is 0 Å². The van der Waals surface area contributed by atoms with E-state index >= 15 is 0 Å². The lowest BCUT2D eigenvalue weighted by Crippen LogP contribution is -2.15. The lowest BCUT2D eigenvalue weighted by molar-refractivity contribution is 0.661. The number of furan rings is 1. The van der Waals surface area contributed by atoms with Crippen LogP contribution in [-0.4, -0.2) is 9.13 Å². The van der Waals surface area contributed by atoms with Crippen LogP contribution in [0.4, 0.5) is 51.2 Å². The summed E-state index contributed by atoms with van der Waals surface area (Å²) in [5, 5.41) is 30.2. The minimum absolute atomic E-state index is 0.0561. The fourth-order valence-corrected chi connectivity index (χ4v) is 25.5. The van der Waals surface area contributed by atoms with Gasteiger partial charge in [0.05, 0.1) is 33.4 Å². The number of nitrogens with zero attached hydrogens (tertiary/aromatic N) is 5. The number of hydrogen-bond donors (Lipinski definition) is 0. The number of fused-ring (bicyclic) bond motifs is 33. The van der Waals surface area contributed by atoms with Gasteiger partial charge in [0, 0.05) is 99.7 Å². The summed E-state index contributed by atoms with van der Waals surface area (Å²) in [5.74, 6) is 0. The van der Waals surface area contributed by atoms with Crippen LogP contribution in [0, 0.1) is 0 Å². The molecule has 0 unspecified atom stereocenters. The van der Waals surface area contributed by atoms with Crippen LogP contribution in [0.1, 0.15) is 49.9 Å². The van der Waals surface area contributed by atoms with E-state index in [4.69, 9.17) is 4.42 Å². The summed E-state index contributed by atoms with van der Waals surface area (Å²) in [7, 11) is 0. The van der Waals surface area contributed by atoms with Gasteiger partial charge in [-0.05, 0) is 293 Å². The van der Waals surface area contributed by atoms with Crippen LogP contribution in [0.3, 0.4) is 0 Å². The molecule has 150 heavy (non-hydrogen) atoms. The van der Waals surface area contributed by atoms with E-state index in [9.17, 15) is 0 Å². The maximum absolute atomic E-state index is 6.36. The largest absolute Gasteiger partial charge is 0.456 e. The van der Waals surface area contributed by atoms with Crippen molar-refractivity contribution in [2.45, 2.75) is 38.5 Å². The molecule has 0 aliphatic heterocycles. The van der Waals surface area contributed by atoms with E-state index in [1.807, 2.05) is 6.07 Å². The molecule has 0 atom stereocenters. The Morgan fingerprint density at radius 1 is 0.193 bits per heavy atom. The van der Waals surface area contributed by atoms with Crippen molar-refractivity contribution in [2.75, 3.05) is 14.7 Å². The molecule has 0 radical (unpaired) electrons. The first-order valence-corrected chi connectivity index (χ1v) is 52.1. The predicted octanol–water partition coefficient (Wildman–Crippen LogP) is 40.2. The van der Waals surface area contributed by atoms with Gasteiger partial charge in [-0.1, -0.05) is 410 Å². The third-order valence-corrected chi connectivity index (χ3v) is 32.2. The molecule has 3 aromatic heterocycles. The first kappa shape index (κ1) is 87.4. The van der Waals surface area contributed by atoms with Gasteiger partial charge in [0.25, 0.3) is 0 Å². The zero-order valence-electron chi connectivity index (χ0n) is 83.4. The van der Waals surface area contributed by atoms with Crippen molar-refractivity contribution < 1.29 is 4.42 Å². The van der Waals surface area contributed by atoms with Crippen LogP contribution in [0.25, 0.3) is 207 Å². The van der Waals surface area contributed by atoms with Gasteiger partial charge < -0.3 is 28.3 Å². The topological polar surface area (TPSA) is 32.7 Å². The smallest absolute Gasteiger partial charge is 0.136 e. The van der Waals surface area contributed by atoms with Gasteiger partial charge in [0.1, 0.15) is 11.2 Å². The Balaban J connectivity index is 0.000000106. The van der Waals surface area contributed by atoms with Crippen molar-refractivity contribution in [1.29, 1.82) is 0 Å².